The number of hydrogen-bond donors (Lipinski definition) is 0. The summed E-state index contributed by atoms with van der Waals surface area (Å²) in [6, 6.07) is 44.9. The monoisotopic (exact) mass is 578 g/mol. The van der Waals surface area contributed by atoms with Gasteiger partial charge in [0, 0.05) is 5.56 Å². The van der Waals surface area contributed by atoms with Gasteiger partial charge < -0.3 is 17.3 Å². The Morgan fingerprint density at radius 2 is 0.927 bits per heavy atom. The molecule has 0 nitrogen and oxygen atoms in total. The minimum absolute atomic E-state index is 0.191. The number of benzene rings is 5. The summed E-state index contributed by atoms with van der Waals surface area (Å²) in [5.41, 5.74) is 1.46. The molecule has 5 aromatic rings. The second-order valence-electron chi connectivity index (χ2n) is 9.14. The smallest absolute Gasteiger partial charge is 0.418 e. The molecule has 1 unspecified atom stereocenters. The van der Waals surface area contributed by atoms with Crippen molar-refractivity contribution in [2.45, 2.75) is 5.66 Å². The van der Waals surface area contributed by atoms with Crippen molar-refractivity contribution in [1.82, 2.24) is 0 Å². The summed E-state index contributed by atoms with van der Waals surface area (Å²) in [6.45, 7) is 0. The first-order valence-electron chi connectivity index (χ1n) is 12.8. The number of allylic oxidation sites excluding steroid dienone is 1. The van der Waals surface area contributed by atoms with Crippen molar-refractivity contribution in [3.05, 3.63) is 168 Å². The first-order chi connectivity index (χ1) is 19.7. The Morgan fingerprint density at radius 3 is 1.34 bits per heavy atom. The Morgan fingerprint density at radius 1 is 0.512 bits per heavy atom. The molecule has 0 spiro atoms. The summed E-state index contributed by atoms with van der Waals surface area (Å²) >= 11 is 0. The summed E-state index contributed by atoms with van der Waals surface area (Å²) in [5.74, 6) is -0.557. The van der Waals surface area contributed by atoms with E-state index in [1.165, 1.54) is 34.1 Å². The van der Waals surface area contributed by atoms with Crippen LogP contribution in [0.1, 0.15) is 16.8 Å². The molecule has 5 rings (SSSR count). The molecule has 0 heterocycles. The maximum Gasteiger partial charge on any atom is 0.673 e. The van der Waals surface area contributed by atoms with Crippen LogP contribution in [0.2, 0.25) is 0 Å². The lowest BCUT2D eigenvalue weighted by Gasteiger charge is -2.33. The third-order valence-electron chi connectivity index (χ3n) is 6.42. The summed E-state index contributed by atoms with van der Waals surface area (Å²) in [7, 11) is -8.40. The number of rotatable bonds is 7. The molecule has 41 heavy (non-hydrogen) atoms. The van der Waals surface area contributed by atoms with E-state index in [0.29, 0.717) is 0 Å². The van der Waals surface area contributed by atoms with E-state index in [9.17, 15) is 26.0 Å². The highest BCUT2D eigenvalue weighted by atomic mass is 31.2. The normalized spacial score (nSPS) is 12.4. The molecular formula is C33H26BF6P. The quantitative estimate of drug-likeness (QED) is 0.103. The molecule has 0 fully saturated rings. The summed E-state index contributed by atoms with van der Waals surface area (Å²) in [5, 5.41) is 3.58. The van der Waals surface area contributed by atoms with Gasteiger partial charge in [-0.15, -0.1) is 0 Å². The van der Waals surface area contributed by atoms with E-state index in [0.717, 1.165) is 11.1 Å². The summed E-state index contributed by atoms with van der Waals surface area (Å²) < 4.78 is 67.7. The molecule has 1 atom stereocenters. The average Bonchev–Trinajstić information content (AvgIpc) is 2.96. The Labute approximate surface area is 236 Å². The fraction of sp³-hybridized carbons (Fsp3) is 0.0303. The molecule has 0 aliphatic heterocycles. The van der Waals surface area contributed by atoms with Crippen LogP contribution in [-0.4, -0.2) is 7.25 Å². The molecule has 208 valence electrons. The lowest BCUT2D eigenvalue weighted by molar-refractivity contribution is 0.368. The van der Waals surface area contributed by atoms with Gasteiger partial charge in [-0.3, -0.25) is 0 Å². The van der Waals surface area contributed by atoms with Gasteiger partial charge in [-0.2, -0.15) is 0 Å². The molecule has 0 bridgehead atoms. The average molecular weight is 578 g/mol. The predicted octanol–water partition coefficient (Wildman–Crippen LogP) is 9.01. The van der Waals surface area contributed by atoms with E-state index in [2.05, 4.69) is 78.9 Å². The molecule has 0 aliphatic carbocycles. The lowest BCUT2D eigenvalue weighted by atomic mass is 10.1. The van der Waals surface area contributed by atoms with E-state index >= 15 is 0 Å². The van der Waals surface area contributed by atoms with Crippen LogP contribution in [0, 0.1) is 11.6 Å². The van der Waals surface area contributed by atoms with Crippen molar-refractivity contribution in [3.8, 4) is 0 Å². The number of hydrogen-bond acceptors (Lipinski definition) is 0. The summed E-state index contributed by atoms with van der Waals surface area (Å²) in [6.07, 6.45) is 4.09. The maximum absolute atomic E-state index is 14.7. The second kappa shape index (κ2) is 13.5. The third kappa shape index (κ3) is 7.77. The second-order valence-corrected chi connectivity index (χ2v) is 12.7. The van der Waals surface area contributed by atoms with Crippen LogP contribution in [0.5, 0.6) is 0 Å². The largest absolute Gasteiger partial charge is 0.673 e. The fourth-order valence-corrected chi connectivity index (χ4v) is 9.62. The Balaban J connectivity index is 0.000000714. The molecule has 8 heteroatoms. The fourth-order valence-electron chi connectivity index (χ4n) is 4.89. The van der Waals surface area contributed by atoms with Gasteiger partial charge in [-0.25, -0.2) is 8.78 Å². The van der Waals surface area contributed by atoms with Crippen LogP contribution in [0.3, 0.4) is 0 Å². The molecule has 5 aromatic carbocycles. The van der Waals surface area contributed by atoms with Crippen molar-refractivity contribution in [2.75, 3.05) is 0 Å². The Bertz CT molecular complexity index is 1450. The van der Waals surface area contributed by atoms with E-state index < -0.39 is 14.5 Å². The van der Waals surface area contributed by atoms with Crippen LogP contribution in [-0.2, 0) is 0 Å². The number of halogens is 6. The molecule has 0 N–H and O–H groups in total. The van der Waals surface area contributed by atoms with Gasteiger partial charge in [0.15, 0.2) is 0 Å². The standard InChI is InChI=1S/C33H26F2P.BF4/c34-28-14-10-12-26(24-28)22-23-33(27-13-11-15-29(35)25-27)36(30-16-4-1-5-17-30,31-18-6-2-7-19-31)32-20-8-3-9-21-32;2-1(3,4)5/h1-25,33H;/q+1;-1/b23-22+;. The van der Waals surface area contributed by atoms with Crippen LogP contribution in [0.4, 0.5) is 26.0 Å². The molecule has 0 saturated carbocycles. The highest BCUT2D eigenvalue weighted by molar-refractivity contribution is 7.96. The van der Waals surface area contributed by atoms with Crippen LogP contribution < -0.4 is 15.9 Å². The van der Waals surface area contributed by atoms with Gasteiger partial charge in [0.2, 0.25) is 0 Å². The molecule has 0 saturated heterocycles. The summed E-state index contributed by atoms with van der Waals surface area (Å²) in [4.78, 5) is 0. The van der Waals surface area contributed by atoms with E-state index in [1.54, 1.807) is 18.2 Å². The SMILES string of the molecule is F[B-](F)(F)F.Fc1cccc(/C=C/C(c2cccc(F)c2)[P+](c2ccccc2)(c2ccccc2)c2ccccc2)c1. The Hall–Kier alpha value is -4.09. The Kier molecular flexibility index (Phi) is 9.85. The van der Waals surface area contributed by atoms with Gasteiger partial charge in [-0.05, 0) is 72.3 Å². The minimum Gasteiger partial charge on any atom is -0.418 e. The first-order valence-corrected chi connectivity index (χ1v) is 14.7. The van der Waals surface area contributed by atoms with Gasteiger partial charge in [-0.1, -0.05) is 84.9 Å². The third-order valence-corrected chi connectivity index (χ3v) is 11.1. The first kappa shape index (κ1) is 29.9. The molecule has 0 aliphatic rings. The van der Waals surface area contributed by atoms with Gasteiger partial charge in [0.05, 0.1) is 0 Å². The van der Waals surface area contributed by atoms with E-state index in [1.807, 2.05) is 36.4 Å². The van der Waals surface area contributed by atoms with Crippen molar-refractivity contribution >= 4 is 36.5 Å². The van der Waals surface area contributed by atoms with Gasteiger partial charge >= 0.3 is 7.25 Å². The zero-order valence-corrected chi connectivity index (χ0v) is 22.7. The van der Waals surface area contributed by atoms with Crippen LogP contribution >= 0.6 is 7.26 Å². The highest BCUT2D eigenvalue weighted by Gasteiger charge is 2.52. The minimum atomic E-state index is -6.00. The predicted molar refractivity (Wildman–Crippen MR) is 160 cm³/mol. The van der Waals surface area contributed by atoms with Crippen molar-refractivity contribution in [1.29, 1.82) is 0 Å². The molecular weight excluding hydrogens is 552 g/mol. The van der Waals surface area contributed by atoms with E-state index in [-0.39, 0.29) is 17.3 Å². The van der Waals surface area contributed by atoms with Crippen molar-refractivity contribution in [2.24, 2.45) is 0 Å². The highest BCUT2D eigenvalue weighted by Crippen LogP contribution is 2.67. The van der Waals surface area contributed by atoms with Crippen LogP contribution in [0.25, 0.3) is 6.08 Å². The van der Waals surface area contributed by atoms with Gasteiger partial charge in [0.1, 0.15) is 40.5 Å². The van der Waals surface area contributed by atoms with E-state index in [4.69, 9.17) is 0 Å². The zero-order chi connectivity index (χ0) is 29.3. The zero-order valence-electron chi connectivity index (χ0n) is 21.8. The maximum atomic E-state index is 14.7. The molecule has 0 radical (unpaired) electrons. The van der Waals surface area contributed by atoms with Crippen molar-refractivity contribution in [3.63, 3.8) is 0 Å². The molecule has 0 amide bonds. The topological polar surface area (TPSA) is 0 Å². The van der Waals surface area contributed by atoms with Crippen LogP contribution in [0.15, 0.2) is 146 Å². The van der Waals surface area contributed by atoms with Crippen molar-refractivity contribution < 1.29 is 26.0 Å². The lowest BCUT2D eigenvalue weighted by Crippen LogP contribution is -2.34. The van der Waals surface area contributed by atoms with Gasteiger partial charge in [0.25, 0.3) is 0 Å². The molecule has 0 aromatic heterocycles.